The summed E-state index contributed by atoms with van der Waals surface area (Å²) in [6.07, 6.45) is 10.3. The van der Waals surface area contributed by atoms with Gasteiger partial charge in [0.25, 0.3) is 0 Å². The maximum absolute atomic E-state index is 11.5. The van der Waals surface area contributed by atoms with Gasteiger partial charge in [-0.15, -0.1) is 0 Å². The number of nitrogens with zero attached hydrogens (tertiary/aromatic N) is 2. The Kier molecular flexibility index (Phi) is 12.5. The van der Waals surface area contributed by atoms with Crippen LogP contribution in [-0.2, 0) is 0 Å². The van der Waals surface area contributed by atoms with Crippen molar-refractivity contribution in [3.8, 4) is 11.5 Å². The highest BCUT2D eigenvalue weighted by Crippen LogP contribution is 2.28. The molecule has 0 atom stereocenters. The Morgan fingerprint density at radius 2 is 0.938 bits per heavy atom. The lowest BCUT2D eigenvalue weighted by molar-refractivity contribution is -0.870. The molecule has 0 unspecified atom stereocenters. The van der Waals surface area contributed by atoms with Crippen LogP contribution in [0.2, 0.25) is 0 Å². The van der Waals surface area contributed by atoms with Crippen LogP contribution < -0.4 is 9.47 Å². The minimum absolute atomic E-state index is 0.429. The minimum Gasteiger partial charge on any atom is -0.493 e. The second-order valence-corrected chi connectivity index (χ2v) is 10.7. The molecule has 0 spiro atoms. The van der Waals surface area contributed by atoms with Crippen molar-refractivity contribution in [2.24, 2.45) is 0 Å². The van der Waals surface area contributed by atoms with E-state index in [1.54, 1.807) is 12.1 Å². The van der Waals surface area contributed by atoms with Gasteiger partial charge in [-0.1, -0.05) is 0 Å². The Morgan fingerprint density at radius 3 is 1.25 bits per heavy atom. The van der Waals surface area contributed by atoms with Gasteiger partial charge in [0.1, 0.15) is 11.5 Å². The lowest BCUT2D eigenvalue weighted by Gasteiger charge is -2.23. The third kappa shape index (κ3) is 12.8. The van der Waals surface area contributed by atoms with Gasteiger partial charge in [0, 0.05) is 0 Å². The van der Waals surface area contributed by atoms with Crippen molar-refractivity contribution in [1.82, 2.24) is 0 Å². The quantitative estimate of drug-likeness (QED) is 0.186. The van der Waals surface area contributed by atoms with Gasteiger partial charge in [-0.25, -0.2) is 0 Å². The number of benzene rings is 1. The molecule has 0 aliphatic carbocycles. The number of carbonyl (C=O) groups is 2. The van der Waals surface area contributed by atoms with Crippen LogP contribution in [0.3, 0.4) is 0 Å². The van der Waals surface area contributed by atoms with Crippen LogP contribution in [0.25, 0.3) is 0 Å². The molecule has 0 saturated heterocycles. The molecule has 182 valence electrons. The molecule has 0 saturated carbocycles. The van der Waals surface area contributed by atoms with E-state index in [-0.39, 0.29) is 0 Å². The van der Waals surface area contributed by atoms with Gasteiger partial charge >= 0.3 is 0 Å². The van der Waals surface area contributed by atoms with E-state index in [2.05, 4.69) is 42.3 Å². The zero-order valence-electron chi connectivity index (χ0n) is 21.3. The molecule has 6 heteroatoms. The minimum atomic E-state index is 0.429. The average Bonchev–Trinajstić information content (AvgIpc) is 2.70. The van der Waals surface area contributed by atoms with E-state index in [9.17, 15) is 9.59 Å². The van der Waals surface area contributed by atoms with Gasteiger partial charge < -0.3 is 18.4 Å². The van der Waals surface area contributed by atoms with E-state index in [4.69, 9.17) is 9.47 Å². The summed E-state index contributed by atoms with van der Waals surface area (Å²) in [5.41, 5.74) is 0.858. The first-order valence-corrected chi connectivity index (χ1v) is 12.0. The summed E-state index contributed by atoms with van der Waals surface area (Å²) in [6, 6.07) is 3.26. The number of carbonyl (C=O) groups excluding carboxylic acids is 2. The van der Waals surface area contributed by atoms with Crippen LogP contribution in [0.1, 0.15) is 72.1 Å². The SMILES string of the molecule is C[N+](C)(C)CCCCCCOc1cc(C=O)c(OCCCCCC[N+](C)(C)C)cc1C=O. The Bertz CT molecular complexity index is 631. The summed E-state index contributed by atoms with van der Waals surface area (Å²) in [5, 5.41) is 0. The molecule has 32 heavy (non-hydrogen) atoms. The van der Waals surface area contributed by atoms with Crippen molar-refractivity contribution in [3.63, 3.8) is 0 Å². The topological polar surface area (TPSA) is 52.6 Å². The summed E-state index contributed by atoms with van der Waals surface area (Å²) >= 11 is 0. The summed E-state index contributed by atoms with van der Waals surface area (Å²) in [6.45, 7) is 3.40. The fraction of sp³-hybridized carbons (Fsp3) is 0.692. The van der Waals surface area contributed by atoms with Gasteiger partial charge in [0.05, 0.1) is 79.7 Å². The van der Waals surface area contributed by atoms with Crippen LogP contribution in [0, 0.1) is 0 Å². The van der Waals surface area contributed by atoms with Crippen LogP contribution in [-0.4, -0.2) is 90.1 Å². The molecule has 0 fully saturated rings. The highest BCUT2D eigenvalue weighted by molar-refractivity contribution is 5.87. The van der Waals surface area contributed by atoms with E-state index in [0.717, 1.165) is 60.3 Å². The fourth-order valence-electron chi connectivity index (χ4n) is 3.47. The molecular weight excluding hydrogens is 404 g/mol. The van der Waals surface area contributed by atoms with Gasteiger partial charge in [-0.3, -0.25) is 9.59 Å². The molecular formula is C26H46N2O4+2. The second kappa shape index (κ2) is 14.3. The van der Waals surface area contributed by atoms with Crippen molar-refractivity contribution in [2.75, 3.05) is 68.6 Å². The van der Waals surface area contributed by atoms with Gasteiger partial charge in [0.2, 0.25) is 0 Å². The monoisotopic (exact) mass is 450 g/mol. The predicted octanol–water partition coefficient (Wildman–Crippen LogP) is 4.60. The predicted molar refractivity (Wildman–Crippen MR) is 131 cm³/mol. The van der Waals surface area contributed by atoms with E-state index >= 15 is 0 Å². The Morgan fingerprint density at radius 1 is 0.594 bits per heavy atom. The van der Waals surface area contributed by atoms with Crippen molar-refractivity contribution in [1.29, 1.82) is 0 Å². The molecule has 0 radical (unpaired) electrons. The standard InChI is InChI=1S/C26H46N2O4/c1-27(2,3)15-11-7-9-13-17-31-25-19-24(22-30)26(20-23(25)21-29)32-18-14-10-8-12-16-28(4,5)6/h19-22H,7-18H2,1-6H3/q+2. The summed E-state index contributed by atoms with van der Waals surface area (Å²) in [5.74, 6) is 0.919. The molecule has 1 aromatic carbocycles. The molecule has 6 nitrogen and oxygen atoms in total. The van der Waals surface area contributed by atoms with Crippen molar-refractivity contribution < 1.29 is 28.0 Å². The first kappa shape index (κ1) is 28.1. The number of quaternary nitrogens is 2. The van der Waals surface area contributed by atoms with Crippen molar-refractivity contribution in [3.05, 3.63) is 23.3 Å². The van der Waals surface area contributed by atoms with Gasteiger partial charge in [-0.05, 0) is 63.5 Å². The molecule has 1 aromatic rings. The lowest BCUT2D eigenvalue weighted by Crippen LogP contribution is -2.35. The smallest absolute Gasteiger partial charge is 0.153 e. The van der Waals surface area contributed by atoms with E-state index in [0.29, 0.717) is 35.8 Å². The number of hydrogen-bond donors (Lipinski definition) is 0. The summed E-state index contributed by atoms with van der Waals surface area (Å²) in [7, 11) is 13.2. The van der Waals surface area contributed by atoms with Crippen LogP contribution in [0.15, 0.2) is 12.1 Å². The summed E-state index contributed by atoms with van der Waals surface area (Å²) < 4.78 is 13.6. The number of hydrogen-bond acceptors (Lipinski definition) is 4. The van der Waals surface area contributed by atoms with Gasteiger partial charge in [0.15, 0.2) is 12.6 Å². The second-order valence-electron chi connectivity index (χ2n) is 10.7. The highest BCUT2D eigenvalue weighted by atomic mass is 16.5. The lowest BCUT2D eigenvalue weighted by atomic mass is 10.1. The van der Waals surface area contributed by atoms with Crippen LogP contribution >= 0.6 is 0 Å². The molecule has 0 aliphatic rings. The first-order valence-electron chi connectivity index (χ1n) is 12.0. The zero-order chi connectivity index (χ0) is 24.0. The van der Waals surface area contributed by atoms with Crippen molar-refractivity contribution >= 4 is 12.6 Å². The van der Waals surface area contributed by atoms with E-state index in [1.807, 2.05) is 0 Å². The third-order valence-electron chi connectivity index (χ3n) is 5.36. The van der Waals surface area contributed by atoms with Gasteiger partial charge in [-0.2, -0.15) is 0 Å². The summed E-state index contributed by atoms with van der Waals surface area (Å²) in [4.78, 5) is 23.1. The van der Waals surface area contributed by atoms with Crippen molar-refractivity contribution in [2.45, 2.75) is 51.4 Å². The molecule has 0 amide bonds. The van der Waals surface area contributed by atoms with Crippen LogP contribution in [0.4, 0.5) is 0 Å². The maximum atomic E-state index is 11.5. The largest absolute Gasteiger partial charge is 0.493 e. The Hall–Kier alpha value is -1.92. The normalized spacial score (nSPS) is 11.9. The molecule has 1 rings (SSSR count). The molecule has 0 aromatic heterocycles. The highest BCUT2D eigenvalue weighted by Gasteiger charge is 2.12. The number of unbranched alkanes of at least 4 members (excludes halogenated alkanes) is 6. The first-order chi connectivity index (χ1) is 15.1. The number of ether oxygens (including phenoxy) is 2. The Balaban J connectivity index is 2.44. The maximum Gasteiger partial charge on any atom is 0.153 e. The zero-order valence-corrected chi connectivity index (χ0v) is 21.3. The fourth-order valence-corrected chi connectivity index (χ4v) is 3.47. The number of rotatable bonds is 18. The molecule has 0 bridgehead atoms. The Labute approximate surface area is 195 Å². The van der Waals surface area contributed by atoms with E-state index in [1.165, 1.54) is 25.7 Å². The van der Waals surface area contributed by atoms with Crippen LogP contribution in [0.5, 0.6) is 11.5 Å². The molecule has 0 N–H and O–H groups in total. The molecule has 0 aliphatic heterocycles. The third-order valence-corrected chi connectivity index (χ3v) is 5.36. The average molecular weight is 451 g/mol. The number of aldehydes is 2. The molecule has 0 heterocycles. The van der Waals surface area contributed by atoms with E-state index < -0.39 is 0 Å².